The topological polar surface area (TPSA) is 96.5 Å². The molecule has 0 aliphatic carbocycles. The Kier molecular flexibility index (Phi) is 2.61. The van der Waals surface area contributed by atoms with E-state index < -0.39 is 0 Å². The summed E-state index contributed by atoms with van der Waals surface area (Å²) in [7, 11) is 0. The van der Waals surface area contributed by atoms with Gasteiger partial charge in [-0.3, -0.25) is 0 Å². The van der Waals surface area contributed by atoms with Crippen LogP contribution < -0.4 is 0 Å². The Balaban J connectivity index is 1.94. The van der Waals surface area contributed by atoms with E-state index in [-0.39, 0.29) is 5.75 Å². The van der Waals surface area contributed by atoms with Gasteiger partial charge in [0, 0.05) is 6.20 Å². The minimum absolute atomic E-state index is 0.0885. The van der Waals surface area contributed by atoms with Crippen LogP contribution in [0.3, 0.4) is 0 Å². The molecule has 88 valence electrons. The molecule has 3 rings (SSSR count). The van der Waals surface area contributed by atoms with Gasteiger partial charge in [0.15, 0.2) is 16.5 Å². The van der Waals surface area contributed by atoms with Gasteiger partial charge in [0.2, 0.25) is 0 Å². The fourth-order valence-electron chi connectivity index (χ4n) is 1.29. The molecule has 3 aromatic rings. The zero-order valence-electron chi connectivity index (χ0n) is 8.93. The van der Waals surface area contributed by atoms with Crippen LogP contribution in [0.2, 0.25) is 0 Å². The quantitative estimate of drug-likeness (QED) is 0.712. The minimum Gasteiger partial charge on any atom is -0.506 e. The molecule has 8 heteroatoms. The second kappa shape index (κ2) is 4.41. The van der Waals surface area contributed by atoms with E-state index in [2.05, 4.69) is 29.6 Å². The molecule has 0 saturated carbocycles. The zero-order valence-corrected chi connectivity index (χ0v) is 9.74. The van der Waals surface area contributed by atoms with Crippen molar-refractivity contribution in [1.82, 2.24) is 19.3 Å². The summed E-state index contributed by atoms with van der Waals surface area (Å²) in [6, 6.07) is 3.06. The van der Waals surface area contributed by atoms with E-state index in [9.17, 15) is 0 Å². The van der Waals surface area contributed by atoms with E-state index in [1.807, 2.05) is 0 Å². The molecule has 7 nitrogen and oxygen atoms in total. The Morgan fingerprint density at radius 1 is 1.11 bits per heavy atom. The second-order valence-corrected chi connectivity index (χ2v) is 4.07. The van der Waals surface area contributed by atoms with Gasteiger partial charge in [-0.25, -0.2) is 15.0 Å². The fraction of sp³-hybridized carbons (Fsp3) is 0. The highest BCUT2D eigenvalue weighted by Gasteiger charge is 2.05. The van der Waals surface area contributed by atoms with E-state index in [4.69, 9.17) is 5.11 Å². The van der Waals surface area contributed by atoms with E-state index in [1.54, 1.807) is 12.3 Å². The van der Waals surface area contributed by atoms with Gasteiger partial charge in [0.1, 0.15) is 12.1 Å². The van der Waals surface area contributed by atoms with Gasteiger partial charge < -0.3 is 5.11 Å². The number of pyridine rings is 1. The van der Waals surface area contributed by atoms with Crippen LogP contribution in [0, 0.1) is 0 Å². The highest BCUT2D eigenvalue weighted by molar-refractivity contribution is 7.11. The Morgan fingerprint density at radius 2 is 2.06 bits per heavy atom. The van der Waals surface area contributed by atoms with Crippen molar-refractivity contribution in [3.8, 4) is 5.75 Å². The molecule has 18 heavy (non-hydrogen) atoms. The van der Waals surface area contributed by atoms with Crippen LogP contribution >= 0.6 is 11.5 Å². The van der Waals surface area contributed by atoms with Gasteiger partial charge in [-0.1, -0.05) is 0 Å². The summed E-state index contributed by atoms with van der Waals surface area (Å²) >= 11 is 1.20. The third-order valence-electron chi connectivity index (χ3n) is 2.12. The summed E-state index contributed by atoms with van der Waals surface area (Å²) in [6.45, 7) is 0. The maximum Gasteiger partial charge on any atom is 0.178 e. The lowest BCUT2D eigenvalue weighted by molar-refractivity contribution is 0.473. The Bertz CT molecular complexity index is 708. The van der Waals surface area contributed by atoms with Gasteiger partial charge >= 0.3 is 0 Å². The Morgan fingerprint density at radius 3 is 2.89 bits per heavy atom. The highest BCUT2D eigenvalue weighted by Crippen LogP contribution is 2.29. The largest absolute Gasteiger partial charge is 0.506 e. The monoisotopic (exact) mass is 258 g/mol. The van der Waals surface area contributed by atoms with Gasteiger partial charge in [-0.05, 0) is 23.7 Å². The van der Waals surface area contributed by atoms with Crippen molar-refractivity contribution in [3.05, 3.63) is 30.9 Å². The average molecular weight is 258 g/mol. The molecule has 0 radical (unpaired) electrons. The molecule has 0 atom stereocenters. The third kappa shape index (κ3) is 2.00. The van der Waals surface area contributed by atoms with Crippen molar-refractivity contribution in [1.29, 1.82) is 0 Å². The summed E-state index contributed by atoms with van der Waals surface area (Å²) in [6.07, 6.45) is 4.39. The first-order valence-corrected chi connectivity index (χ1v) is 5.72. The lowest BCUT2D eigenvalue weighted by Gasteiger charge is -1.91. The molecular formula is C10H6N6OS. The standard InChI is InChI=1S/C10H6N6OS/c17-6-1-2-8(12-3-6)14-15-10-7-4-11-5-13-9(7)16-18-10/h1-5,17H. The van der Waals surface area contributed by atoms with Crippen LogP contribution in [0.15, 0.2) is 41.1 Å². The van der Waals surface area contributed by atoms with E-state index >= 15 is 0 Å². The van der Waals surface area contributed by atoms with Crippen molar-refractivity contribution in [2.75, 3.05) is 0 Å². The molecule has 0 aromatic carbocycles. The minimum atomic E-state index is 0.0885. The summed E-state index contributed by atoms with van der Waals surface area (Å²) in [4.78, 5) is 11.8. The van der Waals surface area contributed by atoms with Crippen molar-refractivity contribution in [2.45, 2.75) is 0 Å². The van der Waals surface area contributed by atoms with E-state index in [0.29, 0.717) is 16.5 Å². The molecule has 0 spiro atoms. The number of rotatable bonds is 2. The second-order valence-electron chi connectivity index (χ2n) is 3.32. The number of azo groups is 1. The van der Waals surface area contributed by atoms with Gasteiger partial charge in [-0.15, -0.1) is 10.2 Å². The summed E-state index contributed by atoms with van der Waals surface area (Å²) in [5.74, 6) is 0.497. The fourth-order valence-corrected chi connectivity index (χ4v) is 1.93. The summed E-state index contributed by atoms with van der Waals surface area (Å²) < 4.78 is 4.12. The first kappa shape index (κ1) is 10.7. The predicted molar refractivity (Wildman–Crippen MR) is 65.3 cm³/mol. The Hall–Kier alpha value is -2.48. The Labute approximate surface area is 105 Å². The molecule has 0 amide bonds. The van der Waals surface area contributed by atoms with Crippen LogP contribution in [-0.4, -0.2) is 24.4 Å². The number of hydrogen-bond acceptors (Lipinski definition) is 8. The first-order valence-electron chi connectivity index (χ1n) is 4.95. The van der Waals surface area contributed by atoms with Gasteiger partial charge in [0.25, 0.3) is 0 Å². The van der Waals surface area contributed by atoms with Crippen molar-refractivity contribution >= 4 is 33.4 Å². The van der Waals surface area contributed by atoms with Crippen molar-refractivity contribution < 1.29 is 5.11 Å². The number of hydrogen-bond donors (Lipinski definition) is 1. The normalized spacial score (nSPS) is 11.3. The molecule has 3 heterocycles. The van der Waals surface area contributed by atoms with E-state index in [1.165, 1.54) is 30.1 Å². The molecule has 3 aromatic heterocycles. The SMILES string of the molecule is Oc1ccc(N=Nc2snc3ncncc23)nc1. The summed E-state index contributed by atoms with van der Waals surface area (Å²) in [5.41, 5.74) is 0.600. The molecule has 0 aliphatic heterocycles. The molecule has 0 fully saturated rings. The number of nitrogens with zero attached hydrogens (tertiary/aromatic N) is 6. The van der Waals surface area contributed by atoms with Gasteiger partial charge in [-0.2, -0.15) is 4.37 Å². The van der Waals surface area contributed by atoms with Crippen LogP contribution in [-0.2, 0) is 0 Å². The molecule has 0 unspecified atom stereocenters. The highest BCUT2D eigenvalue weighted by atomic mass is 32.1. The molecule has 1 N–H and O–H groups in total. The molecule has 0 bridgehead atoms. The molecular weight excluding hydrogens is 252 g/mol. The smallest absolute Gasteiger partial charge is 0.178 e. The van der Waals surface area contributed by atoms with Crippen LogP contribution in [0.5, 0.6) is 5.75 Å². The van der Waals surface area contributed by atoms with Crippen molar-refractivity contribution in [2.24, 2.45) is 10.2 Å². The summed E-state index contributed by atoms with van der Waals surface area (Å²) in [5, 5.41) is 18.5. The van der Waals surface area contributed by atoms with E-state index in [0.717, 1.165) is 5.39 Å². The van der Waals surface area contributed by atoms with Crippen LogP contribution in [0.25, 0.3) is 11.0 Å². The maximum absolute atomic E-state index is 9.09. The first-order chi connectivity index (χ1) is 8.83. The number of aromatic hydroxyl groups is 1. The number of fused-ring (bicyclic) bond motifs is 1. The predicted octanol–water partition coefficient (Wildman–Crippen LogP) is 2.60. The average Bonchev–Trinajstić information content (AvgIpc) is 2.82. The van der Waals surface area contributed by atoms with Gasteiger partial charge in [0.05, 0.1) is 11.6 Å². The van der Waals surface area contributed by atoms with Crippen LogP contribution in [0.1, 0.15) is 0 Å². The van der Waals surface area contributed by atoms with Crippen LogP contribution in [0.4, 0.5) is 10.8 Å². The third-order valence-corrected chi connectivity index (χ3v) is 2.85. The lowest BCUT2D eigenvalue weighted by atomic mass is 10.4. The number of aromatic nitrogens is 4. The maximum atomic E-state index is 9.09. The molecule has 0 aliphatic rings. The zero-order chi connectivity index (χ0) is 12.4. The van der Waals surface area contributed by atoms with Crippen molar-refractivity contribution in [3.63, 3.8) is 0 Å². The lowest BCUT2D eigenvalue weighted by Crippen LogP contribution is -1.76. The molecule has 0 saturated heterocycles.